The number of non-ortho nitro benzene ring substituents is 1. The van der Waals surface area contributed by atoms with Crippen LogP contribution in [0.5, 0.6) is 5.75 Å². The molecule has 0 aliphatic carbocycles. The van der Waals surface area contributed by atoms with Crippen LogP contribution in [0.3, 0.4) is 0 Å². The summed E-state index contributed by atoms with van der Waals surface area (Å²) in [6.45, 7) is 0. The Balaban J connectivity index is -0.000000320. The summed E-state index contributed by atoms with van der Waals surface area (Å²) in [5.74, 6) is -1.21. The van der Waals surface area contributed by atoms with E-state index in [1.165, 1.54) is 0 Å². The fraction of sp³-hybridized carbons (Fsp3) is 0. The quantitative estimate of drug-likeness (QED) is 0.461. The molecule has 1 aromatic carbocycles. The van der Waals surface area contributed by atoms with E-state index in [0.717, 1.165) is 0 Å². The molecule has 0 unspecified atom stereocenters. The average molecular weight is 273 g/mol. The summed E-state index contributed by atoms with van der Waals surface area (Å²) in [5.41, 5.74) is -3.00. The molecule has 0 heterocycles. The van der Waals surface area contributed by atoms with E-state index in [1.807, 2.05) is 0 Å². The van der Waals surface area contributed by atoms with Crippen molar-refractivity contribution in [3.8, 4) is 5.75 Å². The van der Waals surface area contributed by atoms with E-state index < -0.39 is 37.6 Å². The van der Waals surface area contributed by atoms with E-state index in [1.54, 1.807) is 0 Å². The van der Waals surface area contributed by atoms with E-state index in [4.69, 9.17) is 5.11 Å². The Kier molecular flexibility index (Phi) is 6.74. The molecule has 0 bridgehead atoms. The van der Waals surface area contributed by atoms with E-state index in [2.05, 4.69) is 0 Å². The average Bonchev–Trinajstić information content (AvgIpc) is 2.16. The minimum absolute atomic E-state index is 0. The van der Waals surface area contributed by atoms with Crippen molar-refractivity contribution >= 4 is 40.1 Å². The minimum atomic E-state index is -1.21. The molecule has 0 aliphatic rings. The van der Waals surface area contributed by atoms with Crippen molar-refractivity contribution in [2.75, 3.05) is 0 Å². The summed E-state index contributed by atoms with van der Waals surface area (Å²) in [6.07, 6.45) is 0. The van der Waals surface area contributed by atoms with Crippen molar-refractivity contribution in [2.24, 2.45) is 0 Å². The standard InChI is InChI=1S/C6H3N3O7.Mg.H2O.2H/c10-6-4(8(13)14)1-3(7(11)12)2-5(6)9(15)16;;;;/h1-2,10H;;1H2;;/q;+2;;2*-1. The van der Waals surface area contributed by atoms with Crippen LogP contribution in [0.1, 0.15) is 2.85 Å². The third kappa shape index (κ3) is 3.47. The van der Waals surface area contributed by atoms with E-state index in [0.29, 0.717) is 12.1 Å². The molecule has 96 valence electrons. The van der Waals surface area contributed by atoms with Crippen LogP contribution in [-0.4, -0.2) is 48.4 Å². The van der Waals surface area contributed by atoms with Crippen LogP contribution in [0, 0.1) is 30.3 Å². The maximum absolute atomic E-state index is 10.4. The van der Waals surface area contributed by atoms with Crippen LogP contribution in [0.15, 0.2) is 12.1 Å². The van der Waals surface area contributed by atoms with Crippen molar-refractivity contribution < 1.29 is 28.2 Å². The molecule has 11 nitrogen and oxygen atoms in total. The smallest absolute Gasteiger partial charge is 1.00 e. The first kappa shape index (κ1) is 18.3. The third-order valence-corrected chi connectivity index (χ3v) is 1.66. The van der Waals surface area contributed by atoms with Crippen molar-refractivity contribution in [3.63, 3.8) is 0 Å². The second-order valence-electron chi connectivity index (χ2n) is 2.60. The summed E-state index contributed by atoms with van der Waals surface area (Å²) >= 11 is 0. The SMILES string of the molecule is O.O=[N+]([O-])c1cc([N+](=O)[O-])c(O)c([N+](=O)[O-])c1.[H-].[H-].[Mg+2]. The molecule has 0 spiro atoms. The van der Waals surface area contributed by atoms with Crippen molar-refractivity contribution in [2.45, 2.75) is 0 Å². The van der Waals surface area contributed by atoms with Gasteiger partial charge in [-0.2, -0.15) is 0 Å². The zero-order chi connectivity index (χ0) is 12.5. The maximum Gasteiger partial charge on any atom is 2.00 e. The molecule has 0 fully saturated rings. The number of nitro groups is 3. The molecule has 0 aliphatic heterocycles. The monoisotopic (exact) mass is 273 g/mol. The van der Waals surface area contributed by atoms with Crippen molar-refractivity contribution in [1.82, 2.24) is 0 Å². The third-order valence-electron chi connectivity index (χ3n) is 1.66. The predicted octanol–water partition coefficient (Wildman–Crippen LogP) is 0.136. The fourth-order valence-electron chi connectivity index (χ4n) is 0.974. The Morgan fingerprint density at radius 3 is 1.50 bits per heavy atom. The molecule has 1 aromatic rings. The summed E-state index contributed by atoms with van der Waals surface area (Å²) in [4.78, 5) is 27.8. The zero-order valence-electron chi connectivity index (χ0n) is 10.6. The molecule has 0 radical (unpaired) electrons. The van der Waals surface area contributed by atoms with Crippen molar-refractivity contribution in [3.05, 3.63) is 42.5 Å². The van der Waals surface area contributed by atoms with Crippen LogP contribution >= 0.6 is 0 Å². The predicted molar refractivity (Wildman–Crippen MR) is 59.7 cm³/mol. The number of rotatable bonds is 3. The Labute approximate surface area is 117 Å². The number of phenolic OH excluding ortho intramolecular Hbond substituents is 1. The molecule has 0 saturated carbocycles. The maximum atomic E-state index is 10.4. The Bertz CT molecular complexity index is 478. The first-order valence-corrected chi connectivity index (χ1v) is 3.64. The first-order chi connectivity index (χ1) is 7.34. The molecule has 1 rings (SSSR count). The number of nitro benzene ring substituents is 3. The van der Waals surface area contributed by atoms with Gasteiger partial charge in [-0.15, -0.1) is 0 Å². The summed E-state index contributed by atoms with van der Waals surface area (Å²) < 4.78 is 0. The number of hydrogen-bond donors (Lipinski definition) is 1. The number of nitrogens with zero attached hydrogens (tertiary/aromatic N) is 3. The van der Waals surface area contributed by atoms with Gasteiger partial charge >= 0.3 is 34.4 Å². The van der Waals surface area contributed by atoms with Gasteiger partial charge < -0.3 is 13.4 Å². The summed E-state index contributed by atoms with van der Waals surface area (Å²) in [5, 5.41) is 40.2. The van der Waals surface area contributed by atoms with E-state index in [-0.39, 0.29) is 31.4 Å². The fourth-order valence-corrected chi connectivity index (χ4v) is 0.974. The van der Waals surface area contributed by atoms with Gasteiger partial charge in [0.2, 0.25) is 0 Å². The van der Waals surface area contributed by atoms with Crippen molar-refractivity contribution in [1.29, 1.82) is 0 Å². The van der Waals surface area contributed by atoms with Crippen LogP contribution < -0.4 is 0 Å². The largest absolute Gasteiger partial charge is 2.00 e. The van der Waals surface area contributed by atoms with Crippen LogP contribution in [-0.2, 0) is 0 Å². The molecule has 3 N–H and O–H groups in total. The van der Waals surface area contributed by atoms with Gasteiger partial charge in [-0.1, -0.05) is 0 Å². The molecule has 0 atom stereocenters. The van der Waals surface area contributed by atoms with E-state index in [9.17, 15) is 30.3 Å². The molecule has 0 aromatic heterocycles. The van der Waals surface area contributed by atoms with E-state index >= 15 is 0 Å². The Morgan fingerprint density at radius 2 is 1.28 bits per heavy atom. The van der Waals surface area contributed by atoms with Crippen LogP contribution in [0.2, 0.25) is 0 Å². The summed E-state index contributed by atoms with van der Waals surface area (Å²) in [7, 11) is 0. The minimum Gasteiger partial charge on any atom is -1.00 e. The van der Waals surface area contributed by atoms with Crippen LogP contribution in [0.25, 0.3) is 0 Å². The van der Waals surface area contributed by atoms with Gasteiger partial charge in [-0.3, -0.25) is 30.3 Å². The topological polar surface area (TPSA) is 181 Å². The van der Waals surface area contributed by atoms with Gasteiger partial charge in [0.1, 0.15) is 0 Å². The second kappa shape index (κ2) is 6.63. The number of hydrogen-bond acceptors (Lipinski definition) is 7. The Hall–Kier alpha value is -2.05. The van der Waals surface area contributed by atoms with Gasteiger partial charge in [0.05, 0.1) is 26.9 Å². The normalized spacial score (nSPS) is 8.67. The number of aromatic hydroxyl groups is 1. The molecule has 12 heteroatoms. The van der Waals surface area contributed by atoms with Gasteiger partial charge in [0, 0.05) is 0 Å². The molecular formula is C6H7MgN3O8. The molecule has 18 heavy (non-hydrogen) atoms. The number of benzene rings is 1. The zero-order valence-corrected chi connectivity index (χ0v) is 10.0. The van der Waals surface area contributed by atoms with Gasteiger partial charge in [0.15, 0.2) is 0 Å². The first-order valence-electron chi connectivity index (χ1n) is 3.64. The Morgan fingerprint density at radius 1 is 0.944 bits per heavy atom. The molecule has 0 saturated heterocycles. The van der Waals surface area contributed by atoms with Gasteiger partial charge in [0.25, 0.3) is 11.4 Å². The molecular weight excluding hydrogens is 266 g/mol. The summed E-state index contributed by atoms with van der Waals surface area (Å²) in [6, 6.07) is 0.894. The second-order valence-corrected chi connectivity index (χ2v) is 2.60. The van der Waals surface area contributed by atoms with Gasteiger partial charge in [-0.25, -0.2) is 0 Å². The number of phenols is 1. The van der Waals surface area contributed by atoms with Gasteiger partial charge in [-0.05, 0) is 0 Å². The van der Waals surface area contributed by atoms with Crippen LogP contribution in [0.4, 0.5) is 17.1 Å². The molecule has 0 amide bonds.